The first kappa shape index (κ1) is 21.6. The summed E-state index contributed by atoms with van der Waals surface area (Å²) in [7, 11) is 0. The Bertz CT molecular complexity index is 449. The summed E-state index contributed by atoms with van der Waals surface area (Å²) < 4.78 is 26.7. The summed E-state index contributed by atoms with van der Waals surface area (Å²) in [5.41, 5.74) is 7.11. The minimum atomic E-state index is -0.110. The fourth-order valence-electron chi connectivity index (χ4n) is 1.92. The highest BCUT2D eigenvalue weighted by molar-refractivity contribution is 5.18. The third-order valence-electron chi connectivity index (χ3n) is 3.20. The first-order valence-electron chi connectivity index (χ1n) is 8.47. The molecule has 6 nitrogen and oxygen atoms in total. The van der Waals surface area contributed by atoms with E-state index in [1.807, 2.05) is 30.3 Å². The van der Waals surface area contributed by atoms with E-state index in [0.717, 1.165) is 5.56 Å². The minimum Gasteiger partial charge on any atom is -0.377 e. The quantitative estimate of drug-likeness (QED) is 0.359. The van der Waals surface area contributed by atoms with Gasteiger partial charge in [-0.1, -0.05) is 36.3 Å². The highest BCUT2D eigenvalue weighted by Gasteiger charge is 2.04. The van der Waals surface area contributed by atoms with Gasteiger partial charge in [-0.05, 0) is 5.56 Å². The van der Waals surface area contributed by atoms with Crippen LogP contribution in [0.3, 0.4) is 0 Å². The zero-order valence-corrected chi connectivity index (χ0v) is 14.7. The summed E-state index contributed by atoms with van der Waals surface area (Å²) in [6.45, 7) is 4.96. The van der Waals surface area contributed by atoms with Crippen LogP contribution >= 0.6 is 0 Å². The molecule has 6 heteroatoms. The maximum absolute atomic E-state index is 6.04. The lowest BCUT2D eigenvalue weighted by molar-refractivity contribution is -0.0101. The molecule has 1 aromatic carbocycles. The molecule has 0 aromatic heterocycles. The van der Waals surface area contributed by atoms with Crippen molar-refractivity contribution in [2.24, 2.45) is 5.73 Å². The van der Waals surface area contributed by atoms with Crippen molar-refractivity contribution in [3.05, 3.63) is 35.9 Å². The summed E-state index contributed by atoms with van der Waals surface area (Å²) >= 11 is 0. The van der Waals surface area contributed by atoms with Crippen molar-refractivity contribution in [3.8, 4) is 12.3 Å². The lowest BCUT2D eigenvalue weighted by atomic mass is 10.1. The number of nitrogens with two attached hydrogens (primary N) is 1. The van der Waals surface area contributed by atoms with Crippen molar-refractivity contribution in [1.29, 1.82) is 0 Å². The second-order valence-electron chi connectivity index (χ2n) is 5.19. The molecule has 0 saturated heterocycles. The molecule has 0 spiro atoms. The van der Waals surface area contributed by atoms with Gasteiger partial charge in [-0.2, -0.15) is 0 Å². The molecule has 0 bridgehead atoms. The predicted molar refractivity (Wildman–Crippen MR) is 96.3 cm³/mol. The lowest BCUT2D eigenvalue weighted by Crippen LogP contribution is -2.19. The van der Waals surface area contributed by atoms with Crippen molar-refractivity contribution < 1.29 is 23.7 Å². The number of hydrogen-bond donors (Lipinski definition) is 1. The van der Waals surface area contributed by atoms with Crippen LogP contribution in [0.5, 0.6) is 0 Å². The van der Waals surface area contributed by atoms with Gasteiger partial charge in [0.25, 0.3) is 0 Å². The zero-order chi connectivity index (χ0) is 18.0. The van der Waals surface area contributed by atoms with E-state index in [9.17, 15) is 0 Å². The van der Waals surface area contributed by atoms with Crippen LogP contribution in [-0.4, -0.2) is 66.1 Å². The minimum absolute atomic E-state index is 0.110. The van der Waals surface area contributed by atoms with E-state index in [4.69, 9.17) is 35.8 Å². The Balaban J connectivity index is 1.78. The van der Waals surface area contributed by atoms with Crippen molar-refractivity contribution in [2.75, 3.05) is 66.1 Å². The molecule has 0 fully saturated rings. The summed E-state index contributed by atoms with van der Waals surface area (Å²) in [5.74, 6) is 2.39. The fourth-order valence-corrected chi connectivity index (χ4v) is 1.92. The largest absolute Gasteiger partial charge is 0.377 e. The molecule has 0 saturated carbocycles. The molecule has 0 aliphatic carbocycles. The second kappa shape index (κ2) is 16.0. The predicted octanol–water partition coefficient (Wildman–Crippen LogP) is 1.40. The lowest BCUT2D eigenvalue weighted by Gasteiger charge is -2.12. The van der Waals surface area contributed by atoms with E-state index in [1.165, 1.54) is 0 Å². The highest BCUT2D eigenvalue weighted by atomic mass is 16.6. The SMILES string of the molecule is C#CCOCCOCCOCCOCCOC[C@H](N)c1ccccc1. The summed E-state index contributed by atoms with van der Waals surface area (Å²) in [4.78, 5) is 0. The molecule has 0 aliphatic rings. The fraction of sp³-hybridized carbons (Fsp3) is 0.579. The molecule has 1 rings (SSSR count). The average molecular weight is 351 g/mol. The van der Waals surface area contributed by atoms with Gasteiger partial charge in [-0.25, -0.2) is 0 Å². The average Bonchev–Trinajstić information content (AvgIpc) is 2.65. The molecular weight excluding hydrogens is 322 g/mol. The number of rotatable bonds is 16. The molecule has 25 heavy (non-hydrogen) atoms. The molecule has 0 unspecified atom stereocenters. The summed E-state index contributed by atoms with van der Waals surface area (Å²) in [6, 6.07) is 9.79. The van der Waals surface area contributed by atoms with Crippen LogP contribution in [0.25, 0.3) is 0 Å². The Labute approximate surface area is 150 Å². The normalized spacial score (nSPS) is 12.0. The van der Waals surface area contributed by atoms with Crippen LogP contribution in [0.15, 0.2) is 30.3 Å². The smallest absolute Gasteiger partial charge is 0.107 e. The number of hydrogen-bond acceptors (Lipinski definition) is 6. The van der Waals surface area contributed by atoms with Crippen molar-refractivity contribution in [3.63, 3.8) is 0 Å². The molecular formula is C19H29NO5. The van der Waals surface area contributed by atoms with Crippen molar-refractivity contribution in [2.45, 2.75) is 6.04 Å². The van der Waals surface area contributed by atoms with E-state index < -0.39 is 0 Å². The second-order valence-corrected chi connectivity index (χ2v) is 5.19. The van der Waals surface area contributed by atoms with Gasteiger partial charge < -0.3 is 29.4 Å². The van der Waals surface area contributed by atoms with Crippen LogP contribution in [0.2, 0.25) is 0 Å². The zero-order valence-electron chi connectivity index (χ0n) is 14.7. The third kappa shape index (κ3) is 12.5. The first-order chi connectivity index (χ1) is 12.3. The Morgan fingerprint density at radius 2 is 1.24 bits per heavy atom. The van der Waals surface area contributed by atoms with E-state index in [1.54, 1.807) is 0 Å². The van der Waals surface area contributed by atoms with Crippen LogP contribution in [0, 0.1) is 12.3 Å². The highest BCUT2D eigenvalue weighted by Crippen LogP contribution is 2.09. The maximum Gasteiger partial charge on any atom is 0.107 e. The monoisotopic (exact) mass is 351 g/mol. The molecule has 0 heterocycles. The molecule has 2 N–H and O–H groups in total. The van der Waals surface area contributed by atoms with Gasteiger partial charge in [0.2, 0.25) is 0 Å². The molecule has 1 atom stereocenters. The molecule has 140 valence electrons. The summed E-state index contributed by atoms with van der Waals surface area (Å²) in [6.07, 6.45) is 5.05. The Morgan fingerprint density at radius 1 is 0.760 bits per heavy atom. The summed E-state index contributed by atoms with van der Waals surface area (Å²) in [5, 5.41) is 0. The van der Waals surface area contributed by atoms with Crippen molar-refractivity contribution >= 4 is 0 Å². The van der Waals surface area contributed by atoms with Gasteiger partial charge in [-0.15, -0.1) is 6.42 Å². The standard InChI is InChI=1S/C19H29NO5/c1-2-8-21-9-10-22-11-12-23-13-14-24-15-16-25-17-19(20)18-6-4-3-5-7-18/h1,3-7,19H,8-17,20H2/t19-/m0/s1. The van der Waals surface area contributed by atoms with E-state index in [2.05, 4.69) is 5.92 Å². The van der Waals surface area contributed by atoms with Gasteiger partial charge in [0.1, 0.15) is 6.61 Å². The van der Waals surface area contributed by atoms with Crippen LogP contribution < -0.4 is 5.73 Å². The van der Waals surface area contributed by atoms with Crippen molar-refractivity contribution in [1.82, 2.24) is 0 Å². The van der Waals surface area contributed by atoms with Crippen LogP contribution in [-0.2, 0) is 23.7 Å². The Morgan fingerprint density at radius 3 is 1.76 bits per heavy atom. The van der Waals surface area contributed by atoms with Gasteiger partial charge in [0, 0.05) is 0 Å². The van der Waals surface area contributed by atoms with Gasteiger partial charge in [0.15, 0.2) is 0 Å². The first-order valence-corrected chi connectivity index (χ1v) is 8.47. The Kier molecular flexibility index (Phi) is 13.8. The van der Waals surface area contributed by atoms with Gasteiger partial charge in [0.05, 0.1) is 65.5 Å². The number of ether oxygens (including phenoxy) is 5. The topological polar surface area (TPSA) is 72.2 Å². The van der Waals surface area contributed by atoms with Gasteiger partial charge in [-0.3, -0.25) is 0 Å². The molecule has 0 radical (unpaired) electrons. The Hall–Kier alpha value is -1.46. The van der Waals surface area contributed by atoms with E-state index in [0.29, 0.717) is 66.1 Å². The molecule has 1 aromatic rings. The van der Waals surface area contributed by atoms with Crippen LogP contribution in [0.4, 0.5) is 0 Å². The molecule has 0 amide bonds. The van der Waals surface area contributed by atoms with E-state index >= 15 is 0 Å². The number of terminal acetylenes is 1. The van der Waals surface area contributed by atoms with Gasteiger partial charge >= 0.3 is 0 Å². The van der Waals surface area contributed by atoms with E-state index in [-0.39, 0.29) is 6.04 Å². The van der Waals surface area contributed by atoms with Crippen LogP contribution in [0.1, 0.15) is 11.6 Å². The maximum atomic E-state index is 6.04. The third-order valence-corrected chi connectivity index (χ3v) is 3.20. The molecule has 0 aliphatic heterocycles. The number of benzene rings is 1.